The molecule has 1 unspecified atom stereocenters. The minimum absolute atomic E-state index is 0.444. The summed E-state index contributed by atoms with van der Waals surface area (Å²) in [7, 11) is 0. The van der Waals surface area contributed by atoms with Crippen molar-refractivity contribution >= 4 is 0 Å². The van der Waals surface area contributed by atoms with Crippen molar-refractivity contribution in [2.45, 2.75) is 19.4 Å². The van der Waals surface area contributed by atoms with Gasteiger partial charge < -0.3 is 4.57 Å². The van der Waals surface area contributed by atoms with E-state index in [2.05, 4.69) is 21.5 Å². The molecule has 0 saturated carbocycles. The van der Waals surface area contributed by atoms with Gasteiger partial charge in [0.05, 0.1) is 6.33 Å². The average molecular weight is 187 g/mol. The van der Waals surface area contributed by atoms with Crippen molar-refractivity contribution in [3.63, 3.8) is 0 Å². The van der Waals surface area contributed by atoms with Crippen LogP contribution in [0.5, 0.6) is 0 Å². The molecule has 3 nitrogen and oxygen atoms in total. The fourth-order valence-corrected chi connectivity index (χ4v) is 1.50. The van der Waals surface area contributed by atoms with Gasteiger partial charge in [0.25, 0.3) is 0 Å². The second-order valence-electron chi connectivity index (χ2n) is 3.42. The van der Waals surface area contributed by atoms with Crippen LogP contribution in [0.15, 0.2) is 43.2 Å². The molecule has 2 rings (SSSR count). The molecule has 2 heterocycles. The number of rotatable bonds is 3. The van der Waals surface area contributed by atoms with Gasteiger partial charge >= 0.3 is 0 Å². The maximum atomic E-state index is 4.04. The highest BCUT2D eigenvalue weighted by Gasteiger charge is 2.03. The third-order valence-electron chi connectivity index (χ3n) is 2.31. The molecule has 0 aliphatic carbocycles. The van der Waals surface area contributed by atoms with E-state index in [1.54, 1.807) is 0 Å². The van der Waals surface area contributed by atoms with Gasteiger partial charge in [-0.25, -0.2) is 4.98 Å². The Hall–Kier alpha value is -1.64. The van der Waals surface area contributed by atoms with Gasteiger partial charge in [-0.15, -0.1) is 0 Å². The first-order chi connectivity index (χ1) is 6.86. The lowest BCUT2D eigenvalue weighted by Crippen LogP contribution is -2.05. The zero-order chi connectivity index (χ0) is 9.80. The van der Waals surface area contributed by atoms with Crippen LogP contribution in [0, 0.1) is 0 Å². The van der Waals surface area contributed by atoms with Crippen molar-refractivity contribution in [2.24, 2.45) is 0 Å². The van der Waals surface area contributed by atoms with Crippen LogP contribution in [0.1, 0.15) is 18.5 Å². The molecular weight excluding hydrogens is 174 g/mol. The lowest BCUT2D eigenvalue weighted by molar-refractivity contribution is 0.544. The first-order valence-corrected chi connectivity index (χ1v) is 4.72. The minimum Gasteiger partial charge on any atom is -0.334 e. The van der Waals surface area contributed by atoms with Gasteiger partial charge in [0.1, 0.15) is 0 Å². The lowest BCUT2D eigenvalue weighted by Gasteiger charge is -2.12. The van der Waals surface area contributed by atoms with Crippen LogP contribution < -0.4 is 0 Å². The van der Waals surface area contributed by atoms with E-state index >= 15 is 0 Å². The monoisotopic (exact) mass is 187 g/mol. The van der Waals surface area contributed by atoms with Gasteiger partial charge in [0, 0.05) is 30.8 Å². The van der Waals surface area contributed by atoms with Crippen LogP contribution in [0.25, 0.3) is 0 Å². The Bertz CT molecular complexity index is 367. The summed E-state index contributed by atoms with van der Waals surface area (Å²) in [5, 5.41) is 0. The molecule has 2 aromatic heterocycles. The quantitative estimate of drug-likeness (QED) is 0.736. The number of hydrogen-bond acceptors (Lipinski definition) is 2. The van der Waals surface area contributed by atoms with Crippen molar-refractivity contribution < 1.29 is 0 Å². The van der Waals surface area contributed by atoms with E-state index < -0.39 is 0 Å². The Kier molecular flexibility index (Phi) is 2.58. The van der Waals surface area contributed by atoms with Gasteiger partial charge in [-0.3, -0.25) is 4.98 Å². The highest BCUT2D eigenvalue weighted by molar-refractivity contribution is 5.10. The standard InChI is InChI=1S/C11H13N3/c1-10(14-7-6-13-9-14)8-11-2-4-12-5-3-11/h2-7,9-10H,8H2,1H3. The van der Waals surface area contributed by atoms with Gasteiger partial charge in [-0.2, -0.15) is 0 Å². The zero-order valence-electron chi connectivity index (χ0n) is 8.17. The van der Waals surface area contributed by atoms with Gasteiger partial charge in [-0.05, 0) is 31.0 Å². The van der Waals surface area contributed by atoms with E-state index in [-0.39, 0.29) is 0 Å². The second kappa shape index (κ2) is 4.05. The van der Waals surface area contributed by atoms with Crippen LogP contribution in [0.3, 0.4) is 0 Å². The summed E-state index contributed by atoms with van der Waals surface area (Å²) in [5.74, 6) is 0. The molecule has 0 spiro atoms. The molecule has 0 bridgehead atoms. The predicted molar refractivity (Wildman–Crippen MR) is 54.9 cm³/mol. The molecule has 0 aliphatic heterocycles. The molecule has 0 N–H and O–H groups in total. The molecule has 0 amide bonds. The van der Waals surface area contributed by atoms with E-state index in [4.69, 9.17) is 0 Å². The van der Waals surface area contributed by atoms with Crippen molar-refractivity contribution in [3.8, 4) is 0 Å². The molecule has 0 aromatic carbocycles. The van der Waals surface area contributed by atoms with E-state index in [0.717, 1.165) is 6.42 Å². The van der Waals surface area contributed by atoms with E-state index in [9.17, 15) is 0 Å². The van der Waals surface area contributed by atoms with Crippen LogP contribution >= 0.6 is 0 Å². The number of aromatic nitrogens is 3. The Labute approximate surface area is 83.4 Å². The lowest BCUT2D eigenvalue weighted by atomic mass is 10.1. The normalized spacial score (nSPS) is 12.6. The Balaban J connectivity index is 2.06. The smallest absolute Gasteiger partial charge is 0.0948 e. The third kappa shape index (κ3) is 1.99. The van der Waals surface area contributed by atoms with Crippen molar-refractivity contribution in [3.05, 3.63) is 48.8 Å². The van der Waals surface area contributed by atoms with Crippen molar-refractivity contribution in [1.29, 1.82) is 0 Å². The minimum atomic E-state index is 0.444. The van der Waals surface area contributed by atoms with Crippen LogP contribution in [-0.2, 0) is 6.42 Å². The Morgan fingerprint density at radius 2 is 2.00 bits per heavy atom. The first-order valence-electron chi connectivity index (χ1n) is 4.72. The fraction of sp³-hybridized carbons (Fsp3) is 0.273. The molecular formula is C11H13N3. The average Bonchev–Trinajstić information content (AvgIpc) is 2.72. The zero-order valence-corrected chi connectivity index (χ0v) is 8.17. The highest BCUT2D eigenvalue weighted by Crippen LogP contribution is 2.12. The summed E-state index contributed by atoms with van der Waals surface area (Å²) in [5.41, 5.74) is 1.31. The molecule has 2 aromatic rings. The van der Waals surface area contributed by atoms with Gasteiger partial charge in [0.15, 0.2) is 0 Å². The van der Waals surface area contributed by atoms with Crippen molar-refractivity contribution in [2.75, 3.05) is 0 Å². The molecule has 0 aliphatic rings. The Morgan fingerprint density at radius 3 is 2.64 bits per heavy atom. The van der Waals surface area contributed by atoms with Gasteiger partial charge in [-0.1, -0.05) is 0 Å². The fourth-order valence-electron chi connectivity index (χ4n) is 1.50. The van der Waals surface area contributed by atoms with Crippen LogP contribution in [0.2, 0.25) is 0 Å². The van der Waals surface area contributed by atoms with Crippen LogP contribution in [-0.4, -0.2) is 14.5 Å². The number of nitrogens with zero attached hydrogens (tertiary/aromatic N) is 3. The Morgan fingerprint density at radius 1 is 1.21 bits per heavy atom. The van der Waals surface area contributed by atoms with E-state index in [1.807, 2.05) is 43.2 Å². The molecule has 3 heteroatoms. The number of hydrogen-bond donors (Lipinski definition) is 0. The predicted octanol–water partition coefficient (Wildman–Crippen LogP) is 2.08. The molecule has 1 atom stereocenters. The third-order valence-corrected chi connectivity index (χ3v) is 2.31. The maximum Gasteiger partial charge on any atom is 0.0948 e. The molecule has 72 valence electrons. The summed E-state index contributed by atoms with van der Waals surface area (Å²) < 4.78 is 2.11. The van der Waals surface area contributed by atoms with Gasteiger partial charge in [0.2, 0.25) is 0 Å². The highest BCUT2D eigenvalue weighted by atomic mass is 15.0. The topological polar surface area (TPSA) is 30.7 Å². The molecule has 14 heavy (non-hydrogen) atoms. The van der Waals surface area contributed by atoms with E-state index in [1.165, 1.54) is 5.56 Å². The second-order valence-corrected chi connectivity index (χ2v) is 3.42. The summed E-state index contributed by atoms with van der Waals surface area (Å²) in [6, 6.07) is 4.54. The summed E-state index contributed by atoms with van der Waals surface area (Å²) in [6.07, 6.45) is 10.3. The number of pyridine rings is 1. The largest absolute Gasteiger partial charge is 0.334 e. The summed E-state index contributed by atoms with van der Waals surface area (Å²) in [6.45, 7) is 2.18. The number of imidazole rings is 1. The molecule has 0 saturated heterocycles. The van der Waals surface area contributed by atoms with E-state index in [0.29, 0.717) is 6.04 Å². The molecule has 0 radical (unpaired) electrons. The first kappa shape index (κ1) is 8.94. The summed E-state index contributed by atoms with van der Waals surface area (Å²) >= 11 is 0. The van der Waals surface area contributed by atoms with Crippen LogP contribution in [0.4, 0.5) is 0 Å². The SMILES string of the molecule is CC(Cc1ccncc1)n1ccnc1. The maximum absolute atomic E-state index is 4.04. The summed E-state index contributed by atoms with van der Waals surface area (Å²) in [4.78, 5) is 8.03. The molecule has 0 fully saturated rings. The van der Waals surface area contributed by atoms with Crippen molar-refractivity contribution in [1.82, 2.24) is 14.5 Å².